The van der Waals surface area contributed by atoms with Gasteiger partial charge in [0.1, 0.15) is 5.75 Å². The van der Waals surface area contributed by atoms with Gasteiger partial charge in [0.05, 0.1) is 10.9 Å². The minimum absolute atomic E-state index is 0.208. The van der Waals surface area contributed by atoms with Gasteiger partial charge < -0.3 is 4.18 Å². The first-order chi connectivity index (χ1) is 12.4. The molecule has 26 heavy (non-hydrogen) atoms. The minimum atomic E-state index is -3.97. The molecule has 0 aromatic heterocycles. The third kappa shape index (κ3) is 3.13. The SMILES string of the molecule is O=C(c1ccc2ccccc2c1)[C@@H](Br)[C@@H]1NS(=O)(=O)Oc2ccccc21. The number of carbonyl (C=O) groups excluding carboxylic acids is 1. The van der Waals surface area contributed by atoms with E-state index >= 15 is 0 Å². The largest absolute Gasteiger partial charge is 0.383 e. The molecular weight excluding hydrogens is 418 g/mol. The van der Waals surface area contributed by atoms with Crippen LogP contribution in [-0.2, 0) is 10.3 Å². The van der Waals surface area contributed by atoms with Gasteiger partial charge in [-0.15, -0.1) is 0 Å². The summed E-state index contributed by atoms with van der Waals surface area (Å²) >= 11 is 3.40. The first kappa shape index (κ1) is 17.2. The van der Waals surface area contributed by atoms with Crippen molar-refractivity contribution in [3.8, 4) is 5.75 Å². The summed E-state index contributed by atoms with van der Waals surface area (Å²) in [6, 6.07) is 19.2. The molecular formula is C19H14BrNO4S. The Kier molecular flexibility index (Phi) is 4.30. The van der Waals surface area contributed by atoms with Crippen molar-refractivity contribution in [2.45, 2.75) is 10.9 Å². The minimum Gasteiger partial charge on any atom is -0.371 e. The van der Waals surface area contributed by atoms with Crippen molar-refractivity contribution < 1.29 is 17.4 Å². The number of hydrogen-bond donors (Lipinski definition) is 1. The molecule has 0 bridgehead atoms. The van der Waals surface area contributed by atoms with Crippen LogP contribution in [-0.4, -0.2) is 19.0 Å². The van der Waals surface area contributed by atoms with Crippen LogP contribution in [0.15, 0.2) is 66.7 Å². The second-order valence-corrected chi connectivity index (χ2v) is 8.30. The lowest BCUT2D eigenvalue weighted by Crippen LogP contribution is -2.42. The zero-order valence-corrected chi connectivity index (χ0v) is 15.8. The van der Waals surface area contributed by atoms with Crippen molar-refractivity contribution in [2.24, 2.45) is 0 Å². The van der Waals surface area contributed by atoms with Gasteiger partial charge >= 0.3 is 10.3 Å². The van der Waals surface area contributed by atoms with Crippen LogP contribution in [0.25, 0.3) is 10.8 Å². The lowest BCUT2D eigenvalue weighted by atomic mass is 9.96. The Morgan fingerprint density at radius 3 is 2.50 bits per heavy atom. The van der Waals surface area contributed by atoms with Crippen molar-refractivity contribution >= 4 is 42.8 Å². The molecule has 5 nitrogen and oxygen atoms in total. The summed E-state index contributed by atoms with van der Waals surface area (Å²) in [4.78, 5) is 12.2. The molecule has 0 aliphatic carbocycles. The topological polar surface area (TPSA) is 72.5 Å². The van der Waals surface area contributed by atoms with Crippen LogP contribution in [0.3, 0.4) is 0 Å². The molecule has 1 aliphatic heterocycles. The van der Waals surface area contributed by atoms with Gasteiger partial charge in [-0.2, -0.15) is 13.1 Å². The van der Waals surface area contributed by atoms with Gasteiger partial charge in [-0.3, -0.25) is 4.79 Å². The number of nitrogens with one attached hydrogen (secondary N) is 1. The van der Waals surface area contributed by atoms with E-state index in [0.29, 0.717) is 11.1 Å². The van der Waals surface area contributed by atoms with E-state index in [2.05, 4.69) is 20.7 Å². The normalized spacial score (nSPS) is 19.3. The maximum Gasteiger partial charge on any atom is 0.383 e. The fourth-order valence-electron chi connectivity index (χ4n) is 3.05. The molecule has 1 aliphatic rings. The Hall–Kier alpha value is -2.22. The summed E-state index contributed by atoms with van der Waals surface area (Å²) < 4.78 is 31.4. The van der Waals surface area contributed by atoms with Gasteiger partial charge in [0.2, 0.25) is 0 Å². The van der Waals surface area contributed by atoms with E-state index in [1.54, 1.807) is 30.3 Å². The van der Waals surface area contributed by atoms with Crippen LogP contribution in [0.4, 0.5) is 0 Å². The van der Waals surface area contributed by atoms with Crippen molar-refractivity contribution in [3.63, 3.8) is 0 Å². The lowest BCUT2D eigenvalue weighted by Gasteiger charge is -2.29. The molecule has 0 amide bonds. The van der Waals surface area contributed by atoms with Crippen molar-refractivity contribution in [1.82, 2.24) is 4.72 Å². The van der Waals surface area contributed by atoms with Gasteiger partial charge in [0, 0.05) is 11.1 Å². The molecule has 3 aromatic rings. The maximum atomic E-state index is 13.0. The predicted octanol–water partition coefficient (Wildman–Crippen LogP) is 3.75. The van der Waals surface area contributed by atoms with E-state index in [9.17, 15) is 13.2 Å². The molecule has 0 unspecified atom stereocenters. The number of alkyl halides is 1. The average molecular weight is 432 g/mol. The number of Topliss-reactive ketones (excluding diaryl/α,β-unsaturated/α-hetero) is 1. The summed E-state index contributed by atoms with van der Waals surface area (Å²) in [5, 5.41) is 1.98. The maximum absolute atomic E-state index is 13.0. The molecule has 0 fully saturated rings. The second kappa shape index (κ2) is 6.50. The molecule has 1 heterocycles. The molecule has 7 heteroatoms. The molecule has 0 saturated carbocycles. The summed E-state index contributed by atoms with van der Waals surface area (Å²) in [5.74, 6) is 0.0205. The number of fused-ring (bicyclic) bond motifs is 2. The van der Waals surface area contributed by atoms with Gasteiger partial charge in [-0.25, -0.2) is 0 Å². The van der Waals surface area contributed by atoms with Crippen molar-refractivity contribution in [2.75, 3.05) is 0 Å². The summed E-state index contributed by atoms with van der Waals surface area (Å²) in [6.07, 6.45) is 0. The number of para-hydroxylation sites is 1. The summed E-state index contributed by atoms with van der Waals surface area (Å²) in [6.45, 7) is 0. The summed E-state index contributed by atoms with van der Waals surface area (Å²) in [7, 11) is -3.97. The first-order valence-corrected chi connectivity index (χ1v) is 10.2. The Bertz CT molecular complexity index is 1110. The molecule has 1 N–H and O–H groups in total. The molecule has 0 radical (unpaired) electrons. The Morgan fingerprint density at radius 1 is 1.00 bits per heavy atom. The van der Waals surface area contributed by atoms with E-state index in [1.165, 1.54) is 0 Å². The third-order valence-corrected chi connectivity index (χ3v) is 6.19. The van der Waals surface area contributed by atoms with Gasteiger partial charge in [-0.05, 0) is 22.9 Å². The van der Waals surface area contributed by atoms with E-state index < -0.39 is 21.2 Å². The second-order valence-electron chi connectivity index (χ2n) is 6.00. The molecule has 4 rings (SSSR count). The first-order valence-electron chi connectivity index (χ1n) is 7.92. The van der Waals surface area contributed by atoms with E-state index in [1.807, 2.05) is 36.4 Å². The fraction of sp³-hybridized carbons (Fsp3) is 0.105. The number of rotatable bonds is 3. The van der Waals surface area contributed by atoms with Gasteiger partial charge in [-0.1, -0.05) is 70.5 Å². The van der Waals surface area contributed by atoms with Crippen molar-refractivity contribution in [1.29, 1.82) is 0 Å². The van der Waals surface area contributed by atoms with Crippen LogP contribution in [0.1, 0.15) is 22.0 Å². The molecule has 0 spiro atoms. The average Bonchev–Trinajstić information content (AvgIpc) is 2.65. The zero-order chi connectivity index (χ0) is 18.3. The highest BCUT2D eigenvalue weighted by molar-refractivity contribution is 9.10. The zero-order valence-electron chi connectivity index (χ0n) is 13.4. The molecule has 2 atom stereocenters. The third-order valence-electron chi connectivity index (χ3n) is 4.30. The van der Waals surface area contributed by atoms with Crippen LogP contribution in [0, 0.1) is 0 Å². The van der Waals surface area contributed by atoms with Gasteiger partial charge in [0.15, 0.2) is 5.78 Å². The van der Waals surface area contributed by atoms with E-state index in [-0.39, 0.29) is 11.5 Å². The van der Waals surface area contributed by atoms with Crippen LogP contribution >= 0.6 is 15.9 Å². The van der Waals surface area contributed by atoms with E-state index in [0.717, 1.165) is 10.8 Å². The van der Waals surface area contributed by atoms with Gasteiger partial charge in [0.25, 0.3) is 0 Å². The van der Waals surface area contributed by atoms with Crippen LogP contribution in [0.2, 0.25) is 0 Å². The highest BCUT2D eigenvalue weighted by Crippen LogP contribution is 2.36. The molecule has 0 saturated heterocycles. The number of benzene rings is 3. The number of halogens is 1. The fourth-order valence-corrected chi connectivity index (χ4v) is 4.91. The Morgan fingerprint density at radius 2 is 1.69 bits per heavy atom. The lowest BCUT2D eigenvalue weighted by molar-refractivity contribution is 0.0981. The van der Waals surface area contributed by atoms with E-state index in [4.69, 9.17) is 4.18 Å². The highest BCUT2D eigenvalue weighted by Gasteiger charge is 2.37. The highest BCUT2D eigenvalue weighted by atomic mass is 79.9. The number of ketones is 1. The number of hydrogen-bond acceptors (Lipinski definition) is 4. The van der Waals surface area contributed by atoms with Crippen LogP contribution in [0.5, 0.6) is 5.75 Å². The predicted molar refractivity (Wildman–Crippen MR) is 103 cm³/mol. The Labute approximate surface area is 159 Å². The number of carbonyl (C=O) groups is 1. The monoisotopic (exact) mass is 431 g/mol. The molecule has 132 valence electrons. The molecule has 3 aromatic carbocycles. The van der Waals surface area contributed by atoms with Crippen molar-refractivity contribution in [3.05, 3.63) is 77.9 Å². The standard InChI is InChI=1S/C19H14BrNO4S/c20-17(18-15-7-3-4-8-16(15)25-26(23,24)21-18)19(22)14-10-9-12-5-1-2-6-13(12)11-14/h1-11,17-18,21H/t17-,18+/m0/s1. The Balaban J connectivity index is 1.72. The summed E-state index contributed by atoms with van der Waals surface area (Å²) in [5.41, 5.74) is 1.12. The quantitative estimate of drug-likeness (QED) is 0.506. The smallest absolute Gasteiger partial charge is 0.371 e. The van der Waals surface area contributed by atoms with Crippen LogP contribution < -0.4 is 8.91 Å².